The highest BCUT2D eigenvalue weighted by molar-refractivity contribution is 5.93. The number of morpholine rings is 1. The van der Waals surface area contributed by atoms with Crippen LogP contribution in [0.4, 0.5) is 0 Å². The molecule has 0 bridgehead atoms. The Bertz CT molecular complexity index is 590. The monoisotopic (exact) mass is 360 g/mol. The van der Waals surface area contributed by atoms with Crippen LogP contribution in [0.1, 0.15) is 35.8 Å². The van der Waals surface area contributed by atoms with Gasteiger partial charge < -0.3 is 14.5 Å². The van der Waals surface area contributed by atoms with Crippen molar-refractivity contribution in [1.29, 1.82) is 0 Å². The summed E-state index contributed by atoms with van der Waals surface area (Å²) in [5, 5.41) is 0. The summed E-state index contributed by atoms with van der Waals surface area (Å²) >= 11 is 0. The molecule has 2 saturated heterocycles. The van der Waals surface area contributed by atoms with Gasteiger partial charge in [0.05, 0.1) is 18.3 Å². The van der Waals surface area contributed by atoms with E-state index >= 15 is 0 Å². The summed E-state index contributed by atoms with van der Waals surface area (Å²) in [4.78, 5) is 24.0. The van der Waals surface area contributed by atoms with Crippen LogP contribution in [0.15, 0.2) is 18.3 Å². The molecule has 0 spiro atoms. The molecule has 0 aromatic carbocycles. The van der Waals surface area contributed by atoms with Crippen molar-refractivity contribution in [2.75, 3.05) is 53.4 Å². The third-order valence-electron chi connectivity index (χ3n) is 5.54. The molecule has 3 rings (SSSR count). The highest BCUT2D eigenvalue weighted by Crippen LogP contribution is 2.24. The van der Waals surface area contributed by atoms with E-state index in [9.17, 15) is 4.79 Å². The molecule has 0 N–H and O–H groups in total. The topological polar surface area (TPSA) is 48.9 Å². The third-order valence-corrected chi connectivity index (χ3v) is 5.54. The Hall–Kier alpha value is -1.50. The molecule has 0 radical (unpaired) electrons. The van der Waals surface area contributed by atoms with Crippen molar-refractivity contribution < 1.29 is 9.53 Å². The molecule has 6 nitrogen and oxygen atoms in total. The first kappa shape index (κ1) is 19.3. The smallest absolute Gasteiger partial charge is 0.255 e. The van der Waals surface area contributed by atoms with Crippen LogP contribution in [0.25, 0.3) is 0 Å². The predicted octanol–water partition coefficient (Wildman–Crippen LogP) is 1.51. The van der Waals surface area contributed by atoms with E-state index in [0.717, 1.165) is 64.3 Å². The molecule has 0 saturated carbocycles. The van der Waals surface area contributed by atoms with Crippen LogP contribution in [0.3, 0.4) is 0 Å². The van der Waals surface area contributed by atoms with Crippen LogP contribution in [-0.4, -0.2) is 91.2 Å². The third kappa shape index (κ3) is 4.61. The second-order valence-electron chi connectivity index (χ2n) is 7.58. The second-order valence-corrected chi connectivity index (χ2v) is 7.58. The zero-order chi connectivity index (χ0) is 18.5. The highest BCUT2D eigenvalue weighted by atomic mass is 16.5. The number of aromatic nitrogens is 1. The van der Waals surface area contributed by atoms with Gasteiger partial charge in [-0.05, 0) is 45.5 Å². The maximum atomic E-state index is 12.9. The molecule has 2 atom stereocenters. The standard InChI is InChI=1S/C20H32N4O2/c1-4-17-6-5-16(15-21-17)20(25)24-9-7-18-19(8-10-24)26-14-13-23(18)12-11-22(2)3/h5-6,15,18-19H,4,7-14H2,1-3H3. The Morgan fingerprint density at radius 3 is 2.77 bits per heavy atom. The zero-order valence-electron chi connectivity index (χ0n) is 16.4. The number of pyridine rings is 1. The lowest BCUT2D eigenvalue weighted by Gasteiger charge is -2.40. The van der Waals surface area contributed by atoms with E-state index in [1.54, 1.807) is 6.20 Å². The van der Waals surface area contributed by atoms with Crippen molar-refractivity contribution in [1.82, 2.24) is 19.7 Å². The van der Waals surface area contributed by atoms with E-state index in [2.05, 4.69) is 35.8 Å². The van der Waals surface area contributed by atoms with E-state index in [1.807, 2.05) is 17.0 Å². The average Bonchev–Trinajstić information content (AvgIpc) is 2.89. The number of hydrogen-bond acceptors (Lipinski definition) is 5. The molecule has 2 aliphatic heterocycles. The number of ether oxygens (including phenoxy) is 1. The Morgan fingerprint density at radius 1 is 1.27 bits per heavy atom. The summed E-state index contributed by atoms with van der Waals surface area (Å²) in [5.41, 5.74) is 1.71. The van der Waals surface area contributed by atoms with E-state index in [1.165, 1.54) is 0 Å². The minimum atomic E-state index is 0.0960. The Balaban J connectivity index is 1.63. The van der Waals surface area contributed by atoms with E-state index < -0.39 is 0 Å². The fourth-order valence-electron chi connectivity index (χ4n) is 3.91. The quantitative estimate of drug-likeness (QED) is 0.797. The van der Waals surface area contributed by atoms with Crippen molar-refractivity contribution in [2.45, 2.75) is 38.3 Å². The number of nitrogens with zero attached hydrogens (tertiary/aromatic N) is 4. The van der Waals surface area contributed by atoms with Gasteiger partial charge in [-0.25, -0.2) is 0 Å². The molecule has 26 heavy (non-hydrogen) atoms. The minimum absolute atomic E-state index is 0.0960. The summed E-state index contributed by atoms with van der Waals surface area (Å²) in [6.07, 6.45) is 4.74. The maximum absolute atomic E-state index is 12.9. The van der Waals surface area contributed by atoms with Gasteiger partial charge >= 0.3 is 0 Å². The average molecular weight is 361 g/mol. The second kappa shape index (κ2) is 8.93. The Morgan fingerprint density at radius 2 is 2.08 bits per heavy atom. The van der Waals surface area contributed by atoms with Gasteiger partial charge in [0.2, 0.25) is 0 Å². The minimum Gasteiger partial charge on any atom is -0.375 e. The molecule has 1 aromatic rings. The molecular formula is C20H32N4O2. The van der Waals surface area contributed by atoms with Gasteiger partial charge in [0.25, 0.3) is 5.91 Å². The van der Waals surface area contributed by atoms with Gasteiger partial charge in [0.15, 0.2) is 0 Å². The van der Waals surface area contributed by atoms with Crippen LogP contribution in [0.2, 0.25) is 0 Å². The first-order valence-electron chi connectivity index (χ1n) is 9.83. The lowest BCUT2D eigenvalue weighted by Crippen LogP contribution is -2.52. The van der Waals surface area contributed by atoms with Gasteiger partial charge in [-0.1, -0.05) is 6.92 Å². The van der Waals surface area contributed by atoms with Crippen molar-refractivity contribution in [2.24, 2.45) is 0 Å². The normalized spacial score (nSPS) is 24.4. The molecule has 2 unspecified atom stereocenters. The van der Waals surface area contributed by atoms with Gasteiger partial charge in [-0.3, -0.25) is 14.7 Å². The van der Waals surface area contributed by atoms with E-state index in [0.29, 0.717) is 11.6 Å². The molecule has 2 fully saturated rings. The predicted molar refractivity (Wildman–Crippen MR) is 102 cm³/mol. The summed E-state index contributed by atoms with van der Waals surface area (Å²) < 4.78 is 6.06. The van der Waals surface area contributed by atoms with Crippen LogP contribution < -0.4 is 0 Å². The number of aryl methyl sites for hydroxylation is 1. The molecule has 1 aromatic heterocycles. The number of hydrogen-bond donors (Lipinski definition) is 0. The SMILES string of the molecule is CCc1ccc(C(=O)N2CCC3OCCN(CCN(C)C)C3CC2)cn1. The van der Waals surface area contributed by atoms with Gasteiger partial charge in [-0.15, -0.1) is 0 Å². The molecule has 3 heterocycles. The number of carbonyl (C=O) groups is 1. The fourth-order valence-corrected chi connectivity index (χ4v) is 3.91. The van der Waals surface area contributed by atoms with E-state index in [4.69, 9.17) is 4.74 Å². The largest absolute Gasteiger partial charge is 0.375 e. The van der Waals surface area contributed by atoms with Gasteiger partial charge in [0.1, 0.15) is 0 Å². The van der Waals surface area contributed by atoms with Crippen molar-refractivity contribution in [3.05, 3.63) is 29.6 Å². The first-order chi connectivity index (χ1) is 12.6. The van der Waals surface area contributed by atoms with Crippen molar-refractivity contribution in [3.8, 4) is 0 Å². The summed E-state index contributed by atoms with van der Waals surface area (Å²) in [6, 6.07) is 4.28. The number of likely N-dealkylation sites (N-methyl/N-ethyl adjacent to an activating group) is 1. The molecule has 144 valence electrons. The number of amides is 1. The van der Waals surface area contributed by atoms with Crippen LogP contribution in [0, 0.1) is 0 Å². The molecule has 6 heteroatoms. The fraction of sp³-hybridized carbons (Fsp3) is 0.700. The molecule has 1 amide bonds. The summed E-state index contributed by atoms with van der Waals surface area (Å²) in [6.45, 7) is 7.53. The first-order valence-corrected chi connectivity index (χ1v) is 9.83. The Kier molecular flexibility index (Phi) is 6.62. The van der Waals surface area contributed by atoms with Crippen molar-refractivity contribution in [3.63, 3.8) is 0 Å². The number of rotatable bonds is 5. The molecule has 0 aliphatic carbocycles. The molecular weight excluding hydrogens is 328 g/mol. The van der Waals surface area contributed by atoms with Crippen LogP contribution in [0.5, 0.6) is 0 Å². The highest BCUT2D eigenvalue weighted by Gasteiger charge is 2.35. The van der Waals surface area contributed by atoms with Crippen LogP contribution >= 0.6 is 0 Å². The summed E-state index contributed by atoms with van der Waals surface area (Å²) in [7, 11) is 4.23. The van der Waals surface area contributed by atoms with E-state index in [-0.39, 0.29) is 12.0 Å². The van der Waals surface area contributed by atoms with Crippen molar-refractivity contribution >= 4 is 5.91 Å². The lowest BCUT2D eigenvalue weighted by molar-refractivity contribution is -0.0724. The maximum Gasteiger partial charge on any atom is 0.255 e. The number of likely N-dealkylation sites (tertiary alicyclic amines) is 1. The Labute approximate surface area is 157 Å². The lowest BCUT2D eigenvalue weighted by atomic mass is 10.0. The number of fused-ring (bicyclic) bond motifs is 1. The molecule has 2 aliphatic rings. The zero-order valence-corrected chi connectivity index (χ0v) is 16.4. The number of carbonyl (C=O) groups excluding carboxylic acids is 1. The summed E-state index contributed by atoms with van der Waals surface area (Å²) in [5.74, 6) is 0.0960. The van der Waals surface area contributed by atoms with Crippen LogP contribution in [-0.2, 0) is 11.2 Å². The van der Waals surface area contributed by atoms with Gasteiger partial charge in [0, 0.05) is 50.7 Å². The van der Waals surface area contributed by atoms with Gasteiger partial charge in [-0.2, -0.15) is 0 Å².